The highest BCUT2D eigenvalue weighted by atomic mass is 35.5. The monoisotopic (exact) mass is 306 g/mol. The van der Waals surface area contributed by atoms with Crippen molar-refractivity contribution in [2.24, 2.45) is 0 Å². The van der Waals surface area contributed by atoms with Crippen LogP contribution >= 0.6 is 23.2 Å². The molecule has 0 amide bonds. The van der Waals surface area contributed by atoms with E-state index in [9.17, 15) is 4.79 Å². The second kappa shape index (κ2) is 6.60. The summed E-state index contributed by atoms with van der Waals surface area (Å²) in [5, 5.41) is 1.19. The van der Waals surface area contributed by atoms with Gasteiger partial charge in [-0.1, -0.05) is 53.6 Å². The predicted octanol–water partition coefficient (Wildman–Crippen LogP) is 4.95. The first-order valence-electron chi connectivity index (χ1n) is 5.92. The van der Waals surface area contributed by atoms with Gasteiger partial charge < -0.3 is 4.74 Å². The SMILES string of the molecule is COC(=O)c1ccc(/C=C/c2c(Cl)cccc2Cl)cc1. The molecule has 0 spiro atoms. The van der Waals surface area contributed by atoms with Gasteiger partial charge in [0.2, 0.25) is 0 Å². The Kier molecular flexibility index (Phi) is 4.83. The van der Waals surface area contributed by atoms with Gasteiger partial charge in [-0.25, -0.2) is 4.79 Å². The average molecular weight is 307 g/mol. The van der Waals surface area contributed by atoms with Crippen LogP contribution in [0.4, 0.5) is 0 Å². The Hall–Kier alpha value is -1.77. The van der Waals surface area contributed by atoms with Gasteiger partial charge in [-0.05, 0) is 29.8 Å². The lowest BCUT2D eigenvalue weighted by Gasteiger charge is -2.02. The van der Waals surface area contributed by atoms with Gasteiger partial charge in [0.1, 0.15) is 0 Å². The Labute approximate surface area is 127 Å². The van der Waals surface area contributed by atoms with Gasteiger partial charge in [-0.15, -0.1) is 0 Å². The Morgan fingerprint density at radius 3 is 2.15 bits per heavy atom. The lowest BCUT2D eigenvalue weighted by Crippen LogP contribution is -2.00. The molecular weight excluding hydrogens is 295 g/mol. The van der Waals surface area contributed by atoms with Gasteiger partial charge in [0.05, 0.1) is 12.7 Å². The molecule has 0 N–H and O–H groups in total. The lowest BCUT2D eigenvalue weighted by atomic mass is 10.1. The van der Waals surface area contributed by atoms with Gasteiger partial charge in [0, 0.05) is 15.6 Å². The molecule has 2 aromatic carbocycles. The Morgan fingerprint density at radius 2 is 1.60 bits per heavy atom. The summed E-state index contributed by atoms with van der Waals surface area (Å²) in [6.07, 6.45) is 3.73. The molecule has 20 heavy (non-hydrogen) atoms. The lowest BCUT2D eigenvalue weighted by molar-refractivity contribution is 0.0601. The van der Waals surface area contributed by atoms with E-state index >= 15 is 0 Å². The van der Waals surface area contributed by atoms with E-state index in [4.69, 9.17) is 23.2 Å². The number of hydrogen-bond donors (Lipinski definition) is 0. The van der Waals surface area contributed by atoms with Crippen LogP contribution in [0.15, 0.2) is 42.5 Å². The van der Waals surface area contributed by atoms with Crippen molar-refractivity contribution < 1.29 is 9.53 Å². The van der Waals surface area contributed by atoms with Crippen LogP contribution in [0.25, 0.3) is 12.2 Å². The maximum absolute atomic E-state index is 11.3. The van der Waals surface area contributed by atoms with E-state index < -0.39 is 0 Å². The van der Waals surface area contributed by atoms with E-state index in [1.807, 2.05) is 24.3 Å². The minimum atomic E-state index is -0.352. The summed E-state index contributed by atoms with van der Waals surface area (Å²) in [5.74, 6) is -0.352. The molecule has 0 saturated carbocycles. The molecule has 2 aromatic rings. The van der Waals surface area contributed by atoms with Crippen molar-refractivity contribution in [3.05, 3.63) is 69.2 Å². The summed E-state index contributed by atoms with van der Waals surface area (Å²) in [6.45, 7) is 0. The molecule has 0 fully saturated rings. The zero-order valence-electron chi connectivity index (χ0n) is 10.8. The molecule has 102 valence electrons. The Morgan fingerprint density at radius 1 is 1.00 bits per heavy atom. The molecule has 4 heteroatoms. The third kappa shape index (κ3) is 3.41. The number of hydrogen-bond acceptors (Lipinski definition) is 2. The van der Waals surface area contributed by atoms with Crippen molar-refractivity contribution in [2.45, 2.75) is 0 Å². The van der Waals surface area contributed by atoms with E-state index in [1.165, 1.54) is 7.11 Å². The molecule has 2 rings (SSSR count). The summed E-state index contributed by atoms with van der Waals surface area (Å²) in [5.41, 5.74) is 2.22. The fraction of sp³-hybridized carbons (Fsp3) is 0.0625. The standard InChI is InChI=1S/C16H12Cl2O2/c1-20-16(19)12-8-5-11(6-9-12)7-10-13-14(17)3-2-4-15(13)18/h2-10H,1H3/b10-7+. The topological polar surface area (TPSA) is 26.3 Å². The number of methoxy groups -OCH3 is 1. The van der Waals surface area contributed by atoms with Crippen LogP contribution < -0.4 is 0 Å². The maximum atomic E-state index is 11.3. The van der Waals surface area contributed by atoms with E-state index in [0.29, 0.717) is 15.6 Å². The van der Waals surface area contributed by atoms with Crippen molar-refractivity contribution in [3.8, 4) is 0 Å². The van der Waals surface area contributed by atoms with E-state index in [2.05, 4.69) is 4.74 Å². The molecule has 0 aliphatic rings. The highest BCUT2D eigenvalue weighted by molar-refractivity contribution is 6.37. The Balaban J connectivity index is 2.22. The van der Waals surface area contributed by atoms with E-state index in [0.717, 1.165) is 11.1 Å². The molecular formula is C16H12Cl2O2. The molecule has 0 aliphatic carbocycles. The van der Waals surface area contributed by atoms with Crippen LogP contribution in [0.1, 0.15) is 21.5 Å². The van der Waals surface area contributed by atoms with Gasteiger partial charge in [0.15, 0.2) is 0 Å². The summed E-state index contributed by atoms with van der Waals surface area (Å²) in [4.78, 5) is 11.3. The van der Waals surface area contributed by atoms with Crippen LogP contribution in [-0.2, 0) is 4.74 Å². The van der Waals surface area contributed by atoms with E-state index in [1.54, 1.807) is 30.3 Å². The summed E-state index contributed by atoms with van der Waals surface area (Å²) >= 11 is 12.2. The van der Waals surface area contributed by atoms with Gasteiger partial charge in [-0.3, -0.25) is 0 Å². The molecule has 2 nitrogen and oxygen atoms in total. The zero-order valence-corrected chi connectivity index (χ0v) is 12.3. The minimum Gasteiger partial charge on any atom is -0.465 e. The van der Waals surface area contributed by atoms with E-state index in [-0.39, 0.29) is 5.97 Å². The first kappa shape index (κ1) is 14.6. The number of halogens is 2. The third-order valence-corrected chi connectivity index (χ3v) is 3.43. The largest absolute Gasteiger partial charge is 0.465 e. The number of ether oxygens (including phenoxy) is 1. The minimum absolute atomic E-state index is 0.352. The molecule has 0 unspecified atom stereocenters. The number of rotatable bonds is 3. The summed E-state index contributed by atoms with van der Waals surface area (Å²) in [7, 11) is 1.36. The summed E-state index contributed by atoms with van der Waals surface area (Å²) < 4.78 is 4.65. The molecule has 0 atom stereocenters. The van der Waals surface area contributed by atoms with Crippen LogP contribution in [0.3, 0.4) is 0 Å². The predicted molar refractivity (Wildman–Crippen MR) is 83.2 cm³/mol. The average Bonchev–Trinajstić information content (AvgIpc) is 2.46. The van der Waals surface area contributed by atoms with Crippen LogP contribution in [0.5, 0.6) is 0 Å². The molecule has 0 saturated heterocycles. The second-order valence-electron chi connectivity index (χ2n) is 4.08. The summed E-state index contributed by atoms with van der Waals surface area (Å²) in [6, 6.07) is 12.4. The first-order valence-corrected chi connectivity index (χ1v) is 6.68. The fourth-order valence-electron chi connectivity index (χ4n) is 1.70. The van der Waals surface area contributed by atoms with Crippen LogP contribution in [0.2, 0.25) is 10.0 Å². The van der Waals surface area contributed by atoms with Crippen LogP contribution in [-0.4, -0.2) is 13.1 Å². The molecule has 0 bridgehead atoms. The number of esters is 1. The molecule has 0 heterocycles. The van der Waals surface area contributed by atoms with Crippen LogP contribution in [0, 0.1) is 0 Å². The molecule has 0 aromatic heterocycles. The highest BCUT2D eigenvalue weighted by Gasteiger charge is 2.04. The number of carbonyl (C=O) groups is 1. The normalized spacial score (nSPS) is 10.8. The van der Waals surface area contributed by atoms with Gasteiger partial charge in [0.25, 0.3) is 0 Å². The Bertz CT molecular complexity index is 626. The quantitative estimate of drug-likeness (QED) is 0.592. The third-order valence-electron chi connectivity index (χ3n) is 2.77. The molecule has 0 radical (unpaired) electrons. The van der Waals surface area contributed by atoms with Crippen molar-refractivity contribution in [3.63, 3.8) is 0 Å². The first-order chi connectivity index (χ1) is 9.61. The maximum Gasteiger partial charge on any atom is 0.337 e. The number of carbonyl (C=O) groups excluding carboxylic acids is 1. The van der Waals surface area contributed by atoms with Crippen molar-refractivity contribution >= 4 is 41.3 Å². The zero-order chi connectivity index (χ0) is 14.5. The molecule has 0 aliphatic heterocycles. The second-order valence-corrected chi connectivity index (χ2v) is 4.90. The number of benzene rings is 2. The van der Waals surface area contributed by atoms with Crippen molar-refractivity contribution in [1.82, 2.24) is 0 Å². The smallest absolute Gasteiger partial charge is 0.337 e. The highest BCUT2D eigenvalue weighted by Crippen LogP contribution is 2.26. The fourth-order valence-corrected chi connectivity index (χ4v) is 2.22. The van der Waals surface area contributed by atoms with Gasteiger partial charge in [-0.2, -0.15) is 0 Å². The van der Waals surface area contributed by atoms with Crippen molar-refractivity contribution in [2.75, 3.05) is 7.11 Å². The van der Waals surface area contributed by atoms with Crippen molar-refractivity contribution in [1.29, 1.82) is 0 Å². The van der Waals surface area contributed by atoms with Gasteiger partial charge >= 0.3 is 5.97 Å².